The molecule has 0 aliphatic heterocycles. The topological polar surface area (TPSA) is 98.2 Å². The number of carbonyl (C=O) groups excluding carboxylic acids is 2. The van der Waals surface area contributed by atoms with Crippen molar-refractivity contribution in [3.8, 4) is 0 Å². The van der Waals surface area contributed by atoms with Gasteiger partial charge in [0.2, 0.25) is 5.91 Å². The number of benzene rings is 2. The fourth-order valence-corrected chi connectivity index (χ4v) is 1.70. The summed E-state index contributed by atoms with van der Waals surface area (Å²) >= 11 is 0. The largest absolute Gasteiger partial charge is 0.396 e. The van der Waals surface area contributed by atoms with Gasteiger partial charge in [-0.2, -0.15) is 0 Å². The Morgan fingerprint density at radius 3 is 2.43 bits per heavy atom. The third-order valence-electron chi connectivity index (χ3n) is 2.80. The lowest BCUT2D eigenvalue weighted by Gasteiger charge is -2.09. The molecule has 0 atom stereocenters. The number of rotatable bonds is 3. The number of nitrogens with two attached hydrogens (primary N) is 2. The van der Waals surface area contributed by atoms with E-state index in [-0.39, 0.29) is 22.5 Å². The molecule has 0 radical (unpaired) electrons. The first-order valence-electron chi connectivity index (χ1n) is 5.85. The summed E-state index contributed by atoms with van der Waals surface area (Å²) in [6.07, 6.45) is 0. The summed E-state index contributed by atoms with van der Waals surface area (Å²) < 4.78 is 26.9. The summed E-state index contributed by atoms with van der Waals surface area (Å²) in [4.78, 5) is 23.0. The molecule has 108 valence electrons. The quantitative estimate of drug-likeness (QED) is 0.753. The van der Waals surface area contributed by atoms with E-state index in [4.69, 9.17) is 11.5 Å². The van der Waals surface area contributed by atoms with Crippen molar-refractivity contribution in [2.24, 2.45) is 5.73 Å². The summed E-state index contributed by atoms with van der Waals surface area (Å²) in [5.74, 6) is -3.08. The van der Waals surface area contributed by atoms with Crippen molar-refractivity contribution in [3.05, 3.63) is 59.2 Å². The molecule has 0 heterocycles. The number of nitrogen functional groups attached to an aromatic ring is 1. The van der Waals surface area contributed by atoms with Crippen LogP contribution in [0.3, 0.4) is 0 Å². The molecule has 0 unspecified atom stereocenters. The van der Waals surface area contributed by atoms with Gasteiger partial charge in [0.15, 0.2) is 0 Å². The average Bonchev–Trinajstić information content (AvgIpc) is 2.43. The standard InChI is InChI=1S/C14H11F2N3O2/c15-9-5-4-7(13(18)20)6-11(9)19-14(21)8-2-1-3-10(16)12(8)17/h1-6H,17H2,(H2,18,20)(H,19,21). The molecule has 21 heavy (non-hydrogen) atoms. The van der Waals surface area contributed by atoms with Crippen LogP contribution in [0.15, 0.2) is 36.4 Å². The van der Waals surface area contributed by atoms with Crippen LogP contribution in [0.2, 0.25) is 0 Å². The number of amides is 2. The molecule has 0 aliphatic rings. The molecule has 7 heteroatoms. The Bertz CT molecular complexity index is 732. The first-order valence-corrected chi connectivity index (χ1v) is 5.85. The van der Waals surface area contributed by atoms with E-state index in [2.05, 4.69) is 5.32 Å². The number of para-hydroxylation sites is 1. The fraction of sp³-hybridized carbons (Fsp3) is 0. The molecule has 0 fully saturated rings. The lowest BCUT2D eigenvalue weighted by atomic mass is 10.1. The van der Waals surface area contributed by atoms with Gasteiger partial charge >= 0.3 is 0 Å². The highest BCUT2D eigenvalue weighted by molar-refractivity contribution is 6.08. The number of carbonyl (C=O) groups is 2. The van der Waals surface area contributed by atoms with Crippen LogP contribution in [-0.2, 0) is 0 Å². The second-order valence-electron chi connectivity index (χ2n) is 4.21. The number of nitrogens with one attached hydrogen (secondary N) is 1. The molecule has 0 aliphatic carbocycles. The Hall–Kier alpha value is -2.96. The Morgan fingerprint density at radius 2 is 1.76 bits per heavy atom. The van der Waals surface area contributed by atoms with Crippen molar-refractivity contribution in [2.75, 3.05) is 11.1 Å². The van der Waals surface area contributed by atoms with Gasteiger partial charge in [0, 0.05) is 5.56 Å². The third-order valence-corrected chi connectivity index (χ3v) is 2.80. The third kappa shape index (κ3) is 2.97. The molecule has 5 nitrogen and oxygen atoms in total. The molecule has 2 aromatic rings. The lowest BCUT2D eigenvalue weighted by molar-refractivity contribution is 0.0996. The predicted octanol–water partition coefficient (Wildman–Crippen LogP) is 1.90. The highest BCUT2D eigenvalue weighted by atomic mass is 19.1. The van der Waals surface area contributed by atoms with Crippen LogP contribution in [0, 0.1) is 11.6 Å². The molecular formula is C14H11F2N3O2. The van der Waals surface area contributed by atoms with Gasteiger partial charge in [0.25, 0.3) is 5.91 Å². The zero-order chi connectivity index (χ0) is 15.6. The van der Waals surface area contributed by atoms with Gasteiger partial charge in [0.1, 0.15) is 11.6 Å². The zero-order valence-corrected chi connectivity index (χ0v) is 10.7. The lowest BCUT2D eigenvalue weighted by Crippen LogP contribution is -2.17. The van der Waals surface area contributed by atoms with Crippen molar-refractivity contribution in [3.63, 3.8) is 0 Å². The highest BCUT2D eigenvalue weighted by Gasteiger charge is 2.15. The summed E-state index contributed by atoms with van der Waals surface area (Å²) in [6, 6.07) is 6.96. The normalized spacial score (nSPS) is 10.2. The highest BCUT2D eigenvalue weighted by Crippen LogP contribution is 2.20. The molecule has 2 aromatic carbocycles. The van der Waals surface area contributed by atoms with Gasteiger partial charge in [-0.3, -0.25) is 9.59 Å². The Labute approximate surface area is 118 Å². The Balaban J connectivity index is 2.33. The smallest absolute Gasteiger partial charge is 0.257 e. The molecule has 2 amide bonds. The summed E-state index contributed by atoms with van der Waals surface area (Å²) in [5, 5.41) is 2.22. The van der Waals surface area contributed by atoms with Crippen molar-refractivity contribution in [2.45, 2.75) is 0 Å². The Kier molecular flexibility index (Phi) is 3.84. The number of halogens is 2. The van der Waals surface area contributed by atoms with Crippen LogP contribution in [0.5, 0.6) is 0 Å². The monoisotopic (exact) mass is 291 g/mol. The summed E-state index contributed by atoms with van der Waals surface area (Å²) in [6.45, 7) is 0. The first kappa shape index (κ1) is 14.4. The van der Waals surface area contributed by atoms with Crippen LogP contribution < -0.4 is 16.8 Å². The average molecular weight is 291 g/mol. The van der Waals surface area contributed by atoms with Crippen LogP contribution in [0.1, 0.15) is 20.7 Å². The molecule has 5 N–H and O–H groups in total. The number of anilines is 2. The summed E-state index contributed by atoms with van der Waals surface area (Å²) in [5.41, 5.74) is 9.82. The number of hydrogen-bond donors (Lipinski definition) is 3. The SMILES string of the molecule is NC(=O)c1ccc(F)c(NC(=O)c2cccc(F)c2N)c1. The van der Waals surface area contributed by atoms with E-state index in [9.17, 15) is 18.4 Å². The maximum absolute atomic E-state index is 13.6. The van der Waals surface area contributed by atoms with E-state index in [1.165, 1.54) is 18.2 Å². The minimum atomic E-state index is -0.799. The fourth-order valence-electron chi connectivity index (χ4n) is 1.70. The predicted molar refractivity (Wildman–Crippen MR) is 73.7 cm³/mol. The molecule has 0 aromatic heterocycles. The zero-order valence-electron chi connectivity index (χ0n) is 10.7. The van der Waals surface area contributed by atoms with Gasteiger partial charge in [-0.1, -0.05) is 6.07 Å². The van der Waals surface area contributed by atoms with Crippen molar-refractivity contribution < 1.29 is 18.4 Å². The van der Waals surface area contributed by atoms with E-state index in [1.807, 2.05) is 0 Å². The minimum absolute atomic E-state index is 0.0268. The van der Waals surface area contributed by atoms with Crippen LogP contribution in [-0.4, -0.2) is 11.8 Å². The molecule has 0 bridgehead atoms. The minimum Gasteiger partial charge on any atom is -0.396 e. The van der Waals surface area contributed by atoms with E-state index in [0.717, 1.165) is 18.2 Å². The Morgan fingerprint density at radius 1 is 1.05 bits per heavy atom. The second-order valence-corrected chi connectivity index (χ2v) is 4.21. The molecule has 0 saturated carbocycles. The summed E-state index contributed by atoms with van der Waals surface area (Å²) in [7, 11) is 0. The van der Waals surface area contributed by atoms with Crippen molar-refractivity contribution in [1.29, 1.82) is 0 Å². The second kappa shape index (κ2) is 5.58. The maximum Gasteiger partial charge on any atom is 0.257 e. The number of primary amides is 1. The van der Waals surface area contributed by atoms with Crippen LogP contribution in [0.25, 0.3) is 0 Å². The maximum atomic E-state index is 13.6. The first-order chi connectivity index (χ1) is 9.90. The van der Waals surface area contributed by atoms with Crippen molar-refractivity contribution in [1.82, 2.24) is 0 Å². The van der Waals surface area contributed by atoms with E-state index in [0.29, 0.717) is 0 Å². The van der Waals surface area contributed by atoms with Crippen molar-refractivity contribution >= 4 is 23.2 Å². The van der Waals surface area contributed by atoms with E-state index >= 15 is 0 Å². The molecular weight excluding hydrogens is 280 g/mol. The van der Waals surface area contributed by atoms with Crippen LogP contribution in [0.4, 0.5) is 20.2 Å². The van der Waals surface area contributed by atoms with E-state index in [1.54, 1.807) is 0 Å². The van der Waals surface area contributed by atoms with Gasteiger partial charge in [-0.15, -0.1) is 0 Å². The molecule has 0 saturated heterocycles. The number of hydrogen-bond acceptors (Lipinski definition) is 3. The van der Waals surface area contributed by atoms with Gasteiger partial charge < -0.3 is 16.8 Å². The molecule has 0 spiro atoms. The van der Waals surface area contributed by atoms with Gasteiger partial charge in [-0.05, 0) is 30.3 Å². The van der Waals surface area contributed by atoms with Gasteiger partial charge in [0.05, 0.1) is 16.9 Å². The molecule has 2 rings (SSSR count). The van der Waals surface area contributed by atoms with E-state index < -0.39 is 23.4 Å². The van der Waals surface area contributed by atoms with Crippen LogP contribution >= 0.6 is 0 Å². The van der Waals surface area contributed by atoms with Gasteiger partial charge in [-0.25, -0.2) is 8.78 Å².